The quantitative estimate of drug-likeness (QED) is 0.579. The molecule has 0 aromatic heterocycles. The van der Waals surface area contributed by atoms with E-state index in [0.717, 1.165) is 5.56 Å². The maximum atomic E-state index is 11.8. The van der Waals surface area contributed by atoms with E-state index < -0.39 is 5.91 Å². The fourth-order valence-electron chi connectivity index (χ4n) is 1.72. The van der Waals surface area contributed by atoms with Crippen molar-refractivity contribution in [3.05, 3.63) is 65.7 Å². The zero-order valence-corrected chi connectivity index (χ0v) is 10.8. The van der Waals surface area contributed by atoms with Gasteiger partial charge in [-0.2, -0.15) is 0 Å². The molecule has 0 saturated heterocycles. The smallest absolute Gasteiger partial charge is 0.271 e. The number of nitrogens with one attached hydrogen (secondary N) is 2. The van der Waals surface area contributed by atoms with Crippen LogP contribution in [0.4, 0.5) is 5.69 Å². The van der Waals surface area contributed by atoms with Crippen LogP contribution in [-0.4, -0.2) is 11.8 Å². The van der Waals surface area contributed by atoms with Crippen molar-refractivity contribution in [1.29, 1.82) is 0 Å². The number of benzene rings is 2. The number of anilines is 1. The predicted molar refractivity (Wildman–Crippen MR) is 76.6 cm³/mol. The topological polar surface area (TPSA) is 84.2 Å². The lowest BCUT2D eigenvalue weighted by Gasteiger charge is -2.08. The van der Waals surface area contributed by atoms with Crippen LogP contribution in [0.25, 0.3) is 0 Å². The minimum Gasteiger partial charge on any atom is -0.398 e. The first-order valence-electron chi connectivity index (χ1n) is 6.14. The van der Waals surface area contributed by atoms with Gasteiger partial charge in [-0.25, -0.2) is 0 Å². The van der Waals surface area contributed by atoms with Crippen LogP contribution >= 0.6 is 0 Å². The molecule has 102 valence electrons. The second-order valence-corrected chi connectivity index (χ2v) is 4.25. The normalized spacial score (nSPS) is 9.80. The number of carbonyl (C=O) groups is 2. The van der Waals surface area contributed by atoms with Gasteiger partial charge in [0, 0.05) is 5.69 Å². The molecule has 0 unspecified atom stereocenters. The van der Waals surface area contributed by atoms with E-state index in [1.165, 1.54) is 0 Å². The van der Waals surface area contributed by atoms with Gasteiger partial charge in [0.15, 0.2) is 0 Å². The summed E-state index contributed by atoms with van der Waals surface area (Å²) in [7, 11) is 0. The molecule has 5 heteroatoms. The van der Waals surface area contributed by atoms with Gasteiger partial charge in [0.2, 0.25) is 5.91 Å². The fraction of sp³-hybridized carbons (Fsp3) is 0.0667. The van der Waals surface area contributed by atoms with Crippen molar-refractivity contribution in [1.82, 2.24) is 10.9 Å². The van der Waals surface area contributed by atoms with Gasteiger partial charge in [-0.3, -0.25) is 20.4 Å². The van der Waals surface area contributed by atoms with Crippen LogP contribution < -0.4 is 16.6 Å². The monoisotopic (exact) mass is 269 g/mol. The van der Waals surface area contributed by atoms with Crippen molar-refractivity contribution in [3.8, 4) is 0 Å². The van der Waals surface area contributed by atoms with Gasteiger partial charge >= 0.3 is 0 Å². The lowest BCUT2D eigenvalue weighted by atomic mass is 10.1. The first kappa shape index (κ1) is 13.6. The Kier molecular flexibility index (Phi) is 4.34. The van der Waals surface area contributed by atoms with E-state index in [-0.39, 0.29) is 12.3 Å². The first-order chi connectivity index (χ1) is 9.66. The van der Waals surface area contributed by atoms with Gasteiger partial charge in [0.1, 0.15) is 0 Å². The highest BCUT2D eigenvalue weighted by Crippen LogP contribution is 2.09. The average molecular weight is 269 g/mol. The molecule has 0 bridgehead atoms. The number of nitrogens with two attached hydrogens (primary N) is 1. The molecule has 0 heterocycles. The second kappa shape index (κ2) is 6.38. The van der Waals surface area contributed by atoms with Gasteiger partial charge in [0.25, 0.3) is 5.91 Å². The minimum atomic E-state index is -0.440. The van der Waals surface area contributed by atoms with E-state index in [9.17, 15) is 9.59 Å². The summed E-state index contributed by atoms with van der Waals surface area (Å²) in [6, 6.07) is 15.9. The molecule has 0 aliphatic rings. The molecule has 2 rings (SSSR count). The summed E-state index contributed by atoms with van der Waals surface area (Å²) in [6.45, 7) is 0. The maximum Gasteiger partial charge on any atom is 0.271 e. The van der Waals surface area contributed by atoms with Crippen LogP contribution in [0.2, 0.25) is 0 Å². The minimum absolute atomic E-state index is 0.200. The molecule has 0 radical (unpaired) electrons. The van der Waals surface area contributed by atoms with E-state index in [2.05, 4.69) is 10.9 Å². The van der Waals surface area contributed by atoms with Crippen LogP contribution in [0.5, 0.6) is 0 Å². The summed E-state index contributed by atoms with van der Waals surface area (Å²) in [4.78, 5) is 23.5. The Labute approximate surface area is 116 Å². The maximum absolute atomic E-state index is 11.8. The SMILES string of the molecule is Nc1ccccc1C(=O)NNC(=O)Cc1ccccc1. The zero-order valence-electron chi connectivity index (χ0n) is 10.8. The van der Waals surface area contributed by atoms with Gasteiger partial charge < -0.3 is 5.73 Å². The Morgan fingerprint density at radius 1 is 0.900 bits per heavy atom. The molecule has 5 nitrogen and oxygen atoms in total. The molecule has 0 saturated carbocycles. The molecule has 0 atom stereocenters. The van der Waals surface area contributed by atoms with E-state index in [0.29, 0.717) is 11.3 Å². The summed E-state index contributed by atoms with van der Waals surface area (Å²) in [5.74, 6) is -0.733. The van der Waals surface area contributed by atoms with Gasteiger partial charge in [-0.1, -0.05) is 42.5 Å². The van der Waals surface area contributed by atoms with Crippen LogP contribution in [0.1, 0.15) is 15.9 Å². The number of hydrazine groups is 1. The standard InChI is InChI=1S/C15H15N3O2/c16-13-9-5-4-8-12(13)15(20)18-17-14(19)10-11-6-2-1-3-7-11/h1-9H,10,16H2,(H,17,19)(H,18,20). The molecule has 0 fully saturated rings. The van der Waals surface area contributed by atoms with Crippen molar-refractivity contribution in [2.75, 3.05) is 5.73 Å². The molecule has 0 aliphatic heterocycles. The summed E-state index contributed by atoms with van der Waals surface area (Å²) < 4.78 is 0. The summed E-state index contributed by atoms with van der Waals surface area (Å²) in [5.41, 5.74) is 11.9. The van der Waals surface area contributed by atoms with Crippen molar-refractivity contribution in [2.24, 2.45) is 0 Å². The number of hydrogen-bond donors (Lipinski definition) is 3. The summed E-state index contributed by atoms with van der Waals surface area (Å²) in [6.07, 6.45) is 0.200. The van der Waals surface area contributed by atoms with Crippen LogP contribution in [-0.2, 0) is 11.2 Å². The molecule has 0 spiro atoms. The molecule has 2 aromatic rings. The Bertz CT molecular complexity index is 612. The van der Waals surface area contributed by atoms with Crippen molar-refractivity contribution in [3.63, 3.8) is 0 Å². The number of rotatable bonds is 3. The summed E-state index contributed by atoms with van der Waals surface area (Å²) >= 11 is 0. The second-order valence-electron chi connectivity index (χ2n) is 4.25. The van der Waals surface area contributed by atoms with E-state index in [1.54, 1.807) is 24.3 Å². The average Bonchev–Trinajstić information content (AvgIpc) is 2.46. The molecular formula is C15H15N3O2. The number of amides is 2. The molecular weight excluding hydrogens is 254 g/mol. The van der Waals surface area contributed by atoms with Crippen LogP contribution in [0.15, 0.2) is 54.6 Å². The van der Waals surface area contributed by atoms with Gasteiger partial charge in [-0.05, 0) is 17.7 Å². The Morgan fingerprint density at radius 3 is 2.25 bits per heavy atom. The number of hydrogen-bond acceptors (Lipinski definition) is 3. The van der Waals surface area contributed by atoms with E-state index in [4.69, 9.17) is 5.73 Å². The van der Waals surface area contributed by atoms with Crippen molar-refractivity contribution in [2.45, 2.75) is 6.42 Å². The van der Waals surface area contributed by atoms with Crippen molar-refractivity contribution >= 4 is 17.5 Å². The van der Waals surface area contributed by atoms with Gasteiger partial charge in [0.05, 0.1) is 12.0 Å². The van der Waals surface area contributed by atoms with Crippen molar-refractivity contribution < 1.29 is 9.59 Å². The Hall–Kier alpha value is -2.82. The summed E-state index contributed by atoms with van der Waals surface area (Å²) in [5, 5.41) is 0. The van der Waals surface area contributed by atoms with Crippen LogP contribution in [0, 0.1) is 0 Å². The Morgan fingerprint density at radius 2 is 1.55 bits per heavy atom. The van der Waals surface area contributed by atoms with Gasteiger partial charge in [-0.15, -0.1) is 0 Å². The molecule has 2 aromatic carbocycles. The molecule has 0 aliphatic carbocycles. The lowest BCUT2D eigenvalue weighted by Crippen LogP contribution is -2.42. The van der Waals surface area contributed by atoms with Crippen LogP contribution in [0.3, 0.4) is 0 Å². The zero-order chi connectivity index (χ0) is 14.4. The molecule has 2 amide bonds. The number of carbonyl (C=O) groups excluding carboxylic acids is 2. The highest BCUT2D eigenvalue weighted by molar-refractivity contribution is 5.99. The van der Waals surface area contributed by atoms with E-state index >= 15 is 0 Å². The number of nitrogen functional groups attached to an aromatic ring is 1. The highest BCUT2D eigenvalue weighted by Gasteiger charge is 2.10. The predicted octanol–water partition coefficient (Wildman–Crippen LogP) is 1.27. The third-order valence-electron chi connectivity index (χ3n) is 2.73. The first-order valence-corrected chi connectivity index (χ1v) is 6.14. The molecule has 4 N–H and O–H groups in total. The lowest BCUT2D eigenvalue weighted by molar-refractivity contribution is -0.121. The third-order valence-corrected chi connectivity index (χ3v) is 2.73. The van der Waals surface area contributed by atoms with E-state index in [1.807, 2.05) is 30.3 Å². The molecule has 20 heavy (non-hydrogen) atoms. The highest BCUT2D eigenvalue weighted by atomic mass is 16.2. The Balaban J connectivity index is 1.88. The largest absolute Gasteiger partial charge is 0.398 e. The number of para-hydroxylation sites is 1. The fourth-order valence-corrected chi connectivity index (χ4v) is 1.72. The third kappa shape index (κ3) is 3.58.